The van der Waals surface area contributed by atoms with Crippen molar-refractivity contribution in [3.63, 3.8) is 0 Å². The molecule has 2 fully saturated rings. The quantitative estimate of drug-likeness (QED) is 0.836. The fourth-order valence-electron chi connectivity index (χ4n) is 4.04. The summed E-state index contributed by atoms with van der Waals surface area (Å²) in [6.07, 6.45) is 8.99. The highest BCUT2D eigenvalue weighted by atomic mass is 16.3. The molecule has 0 amide bonds. The molecule has 0 saturated carbocycles. The van der Waals surface area contributed by atoms with Gasteiger partial charge in [-0.15, -0.1) is 0 Å². The number of aromatic nitrogens is 1. The van der Waals surface area contributed by atoms with Gasteiger partial charge in [0.05, 0.1) is 5.60 Å². The number of fused-ring (bicyclic) bond motifs is 3. The second kappa shape index (κ2) is 4.54. The van der Waals surface area contributed by atoms with Gasteiger partial charge < -0.3 is 10.4 Å². The first kappa shape index (κ1) is 12.3. The summed E-state index contributed by atoms with van der Waals surface area (Å²) >= 11 is 0. The van der Waals surface area contributed by atoms with Crippen molar-refractivity contribution in [1.29, 1.82) is 0 Å². The van der Waals surface area contributed by atoms with E-state index in [1.54, 1.807) is 0 Å². The minimum absolute atomic E-state index is 0.450. The smallest absolute Gasteiger partial charge is 0.0947 e. The number of hydrogen-bond donors (Lipinski definition) is 2. The largest absolute Gasteiger partial charge is 0.385 e. The van der Waals surface area contributed by atoms with Gasteiger partial charge in [0.2, 0.25) is 0 Å². The fourth-order valence-corrected chi connectivity index (χ4v) is 4.04. The summed E-state index contributed by atoms with van der Waals surface area (Å²) in [6, 6.07) is 9.13. The normalized spacial score (nSPS) is 33.2. The van der Waals surface area contributed by atoms with Crippen LogP contribution in [0, 0.1) is 0 Å². The van der Waals surface area contributed by atoms with E-state index >= 15 is 0 Å². The maximum Gasteiger partial charge on any atom is 0.0947 e. The third-order valence-corrected chi connectivity index (χ3v) is 4.91. The molecule has 3 heteroatoms. The molecule has 2 aromatic rings. The Morgan fingerprint density at radius 2 is 1.85 bits per heavy atom. The number of rotatable bonds is 1. The molecule has 0 aliphatic carbocycles. The molecule has 0 radical (unpaired) electrons. The van der Waals surface area contributed by atoms with Crippen molar-refractivity contribution in [3.05, 3.63) is 42.2 Å². The molecule has 3 heterocycles. The Labute approximate surface area is 119 Å². The van der Waals surface area contributed by atoms with Crippen LogP contribution < -0.4 is 5.32 Å². The van der Waals surface area contributed by atoms with Crippen LogP contribution in [-0.4, -0.2) is 22.2 Å². The molecule has 4 rings (SSSR count). The fraction of sp³-hybridized carbons (Fsp3) is 0.471. The number of nitrogens with one attached hydrogen (secondary N) is 1. The van der Waals surface area contributed by atoms with E-state index < -0.39 is 5.60 Å². The number of benzene rings is 1. The lowest BCUT2D eigenvalue weighted by molar-refractivity contribution is -0.0349. The molecule has 1 aromatic heterocycles. The minimum Gasteiger partial charge on any atom is -0.385 e. The molecule has 1 aromatic carbocycles. The zero-order valence-corrected chi connectivity index (χ0v) is 11.5. The highest BCUT2D eigenvalue weighted by Gasteiger charge is 2.42. The molecule has 2 unspecified atom stereocenters. The van der Waals surface area contributed by atoms with Gasteiger partial charge in [0.25, 0.3) is 0 Å². The van der Waals surface area contributed by atoms with E-state index in [9.17, 15) is 5.11 Å². The molecule has 2 atom stereocenters. The Morgan fingerprint density at radius 3 is 2.65 bits per heavy atom. The summed E-state index contributed by atoms with van der Waals surface area (Å²) < 4.78 is 0. The Kier molecular flexibility index (Phi) is 2.79. The van der Waals surface area contributed by atoms with Gasteiger partial charge in [-0.2, -0.15) is 0 Å². The van der Waals surface area contributed by atoms with E-state index in [0.717, 1.165) is 29.2 Å². The number of hydrogen-bond acceptors (Lipinski definition) is 3. The first-order valence-corrected chi connectivity index (χ1v) is 7.56. The van der Waals surface area contributed by atoms with E-state index in [-0.39, 0.29) is 0 Å². The first-order chi connectivity index (χ1) is 9.74. The average molecular weight is 268 g/mol. The van der Waals surface area contributed by atoms with Crippen LogP contribution in [0.2, 0.25) is 0 Å². The molecule has 20 heavy (non-hydrogen) atoms. The Hall–Kier alpha value is -1.45. The van der Waals surface area contributed by atoms with Crippen molar-refractivity contribution in [2.24, 2.45) is 0 Å². The van der Waals surface area contributed by atoms with Gasteiger partial charge in [-0.1, -0.05) is 30.7 Å². The van der Waals surface area contributed by atoms with E-state index in [0.29, 0.717) is 12.1 Å². The van der Waals surface area contributed by atoms with Crippen LogP contribution >= 0.6 is 0 Å². The first-order valence-electron chi connectivity index (χ1n) is 7.56. The molecule has 2 aliphatic rings. The zero-order valence-electron chi connectivity index (χ0n) is 11.5. The summed E-state index contributed by atoms with van der Waals surface area (Å²) in [7, 11) is 0. The van der Waals surface area contributed by atoms with Gasteiger partial charge in [-0.05, 0) is 31.1 Å². The lowest BCUT2D eigenvalue weighted by atomic mass is 9.73. The van der Waals surface area contributed by atoms with Crippen molar-refractivity contribution in [3.8, 4) is 0 Å². The van der Waals surface area contributed by atoms with Crippen LogP contribution in [0.15, 0.2) is 36.7 Å². The van der Waals surface area contributed by atoms with E-state index in [4.69, 9.17) is 0 Å². The second-order valence-electron chi connectivity index (χ2n) is 6.34. The SMILES string of the molecule is OC1(c2cncc3ccccc23)CC2CCCC(C1)N2. The van der Waals surface area contributed by atoms with Crippen LogP contribution in [0.4, 0.5) is 0 Å². The zero-order chi connectivity index (χ0) is 13.6. The topological polar surface area (TPSA) is 45.2 Å². The van der Waals surface area contributed by atoms with Gasteiger partial charge in [0, 0.05) is 35.4 Å². The lowest BCUT2D eigenvalue weighted by Gasteiger charge is -2.45. The number of pyridine rings is 1. The molecule has 104 valence electrons. The lowest BCUT2D eigenvalue weighted by Crippen LogP contribution is -2.54. The third-order valence-electron chi connectivity index (χ3n) is 4.91. The van der Waals surface area contributed by atoms with Crippen molar-refractivity contribution < 1.29 is 5.11 Å². The predicted octanol–water partition coefficient (Wildman–Crippen LogP) is 2.73. The van der Waals surface area contributed by atoms with Crippen molar-refractivity contribution in [2.75, 3.05) is 0 Å². The molecule has 2 N–H and O–H groups in total. The molecular weight excluding hydrogens is 248 g/mol. The summed E-state index contributed by atoms with van der Waals surface area (Å²) in [5, 5.41) is 17.2. The van der Waals surface area contributed by atoms with Crippen molar-refractivity contribution in [2.45, 2.75) is 49.8 Å². The van der Waals surface area contributed by atoms with Gasteiger partial charge in [-0.3, -0.25) is 4.98 Å². The molecule has 2 saturated heterocycles. The Balaban J connectivity index is 1.81. The predicted molar refractivity (Wildman–Crippen MR) is 79.4 cm³/mol. The summed E-state index contributed by atoms with van der Waals surface area (Å²) in [5.41, 5.74) is 0.281. The second-order valence-corrected chi connectivity index (χ2v) is 6.34. The van der Waals surface area contributed by atoms with E-state index in [1.807, 2.05) is 24.5 Å². The van der Waals surface area contributed by atoms with E-state index in [1.165, 1.54) is 19.3 Å². The molecule has 2 aliphatic heterocycles. The van der Waals surface area contributed by atoms with Crippen molar-refractivity contribution in [1.82, 2.24) is 10.3 Å². The Morgan fingerprint density at radius 1 is 1.10 bits per heavy atom. The standard InChI is InChI=1S/C17H20N2O/c20-17(8-13-5-3-6-14(9-17)19-13)16-11-18-10-12-4-1-2-7-15(12)16/h1-2,4,7,10-11,13-14,19-20H,3,5-6,8-9H2. The van der Waals surface area contributed by atoms with Crippen LogP contribution in [-0.2, 0) is 5.60 Å². The van der Waals surface area contributed by atoms with E-state index in [2.05, 4.69) is 22.4 Å². The summed E-state index contributed by atoms with van der Waals surface area (Å²) in [5.74, 6) is 0. The molecule has 2 bridgehead atoms. The highest BCUT2D eigenvalue weighted by Crippen LogP contribution is 2.41. The van der Waals surface area contributed by atoms with Crippen LogP contribution in [0.5, 0.6) is 0 Å². The maximum absolute atomic E-state index is 11.3. The summed E-state index contributed by atoms with van der Waals surface area (Å²) in [4.78, 5) is 4.35. The monoisotopic (exact) mass is 268 g/mol. The van der Waals surface area contributed by atoms with Crippen LogP contribution in [0.3, 0.4) is 0 Å². The minimum atomic E-state index is -0.727. The highest BCUT2D eigenvalue weighted by molar-refractivity contribution is 5.85. The molecule has 0 spiro atoms. The number of aliphatic hydroxyl groups is 1. The Bertz CT molecular complexity index is 622. The van der Waals surface area contributed by atoms with Gasteiger partial charge >= 0.3 is 0 Å². The van der Waals surface area contributed by atoms with Gasteiger partial charge in [-0.25, -0.2) is 0 Å². The maximum atomic E-state index is 11.3. The van der Waals surface area contributed by atoms with Gasteiger partial charge in [0.15, 0.2) is 0 Å². The summed E-state index contributed by atoms with van der Waals surface area (Å²) in [6.45, 7) is 0. The molecule has 3 nitrogen and oxygen atoms in total. The molecular formula is C17H20N2O. The number of nitrogens with zero attached hydrogens (tertiary/aromatic N) is 1. The van der Waals surface area contributed by atoms with Gasteiger partial charge in [0.1, 0.15) is 0 Å². The van der Waals surface area contributed by atoms with Crippen LogP contribution in [0.25, 0.3) is 10.8 Å². The third kappa shape index (κ3) is 1.93. The number of piperidine rings is 2. The van der Waals surface area contributed by atoms with Crippen molar-refractivity contribution >= 4 is 10.8 Å². The van der Waals surface area contributed by atoms with Crippen LogP contribution in [0.1, 0.15) is 37.7 Å². The average Bonchev–Trinajstić information content (AvgIpc) is 2.46.